The molecule has 0 saturated carbocycles. The summed E-state index contributed by atoms with van der Waals surface area (Å²) >= 11 is 0. The van der Waals surface area contributed by atoms with Crippen LogP contribution >= 0.6 is 0 Å². The lowest BCUT2D eigenvalue weighted by molar-refractivity contribution is 0.876. The van der Waals surface area contributed by atoms with E-state index in [0.29, 0.717) is 5.92 Å². The Kier molecular flexibility index (Phi) is 6.83. The van der Waals surface area contributed by atoms with Gasteiger partial charge >= 0.3 is 0 Å². The lowest BCUT2D eigenvalue weighted by Crippen LogP contribution is -1.91. The van der Waals surface area contributed by atoms with E-state index in [2.05, 4.69) is 44.0 Å². The fourth-order valence-corrected chi connectivity index (χ4v) is 1.97. The second kappa shape index (κ2) is 7.56. The maximum absolute atomic E-state index is 5.53. The third kappa shape index (κ3) is 3.14. The molecule has 0 bridgehead atoms. The molecule has 0 aliphatic carbocycles. The second-order valence-electron chi connectivity index (χ2n) is 4.05. The number of hydrogen-bond donors (Lipinski definition) is 0. The third-order valence-corrected chi connectivity index (χ3v) is 2.71. The number of rotatable bonds is 1. The first-order valence-corrected chi connectivity index (χ1v) is 6.22. The molecule has 2 aromatic carbocycles. The molecule has 0 radical (unpaired) electrons. The van der Waals surface area contributed by atoms with Crippen LogP contribution in [0.25, 0.3) is 10.8 Å². The van der Waals surface area contributed by atoms with Gasteiger partial charge in [-0.05, 0) is 22.9 Å². The Morgan fingerprint density at radius 3 is 2.06 bits per heavy atom. The summed E-state index contributed by atoms with van der Waals surface area (Å²) in [4.78, 5) is 0. The van der Waals surface area contributed by atoms with Crippen molar-refractivity contribution in [3.05, 3.63) is 47.5 Å². The van der Waals surface area contributed by atoms with Crippen LogP contribution in [-0.2, 0) is 0 Å². The Morgan fingerprint density at radius 2 is 1.56 bits per heavy atom. The average molecular weight is 240 g/mol. The molecule has 0 aliphatic heterocycles. The standard InChI is InChI=1S/C15H14.C2H6.CH4/c1-4-12-7-5-8-13-9-6-10-14(11(2)3)15(12)13;1-2;/h1,5-11H,2-3H3;1-2H3;1H4. The van der Waals surface area contributed by atoms with E-state index in [1.165, 1.54) is 16.3 Å². The first-order chi connectivity index (χ1) is 8.24. The highest BCUT2D eigenvalue weighted by Crippen LogP contribution is 2.27. The summed E-state index contributed by atoms with van der Waals surface area (Å²) in [6.45, 7) is 8.39. The summed E-state index contributed by atoms with van der Waals surface area (Å²) < 4.78 is 0. The molecule has 2 rings (SSSR count). The van der Waals surface area contributed by atoms with Gasteiger partial charge in [0, 0.05) is 10.9 Å². The van der Waals surface area contributed by atoms with Crippen molar-refractivity contribution < 1.29 is 0 Å². The molecule has 96 valence electrons. The fourth-order valence-electron chi connectivity index (χ4n) is 1.97. The summed E-state index contributed by atoms with van der Waals surface area (Å²) in [5, 5.41) is 2.47. The predicted molar refractivity (Wildman–Crippen MR) is 84.1 cm³/mol. The molecule has 2 aromatic rings. The quantitative estimate of drug-likeness (QED) is 0.569. The van der Waals surface area contributed by atoms with Crippen molar-refractivity contribution in [1.29, 1.82) is 0 Å². The topological polar surface area (TPSA) is 0 Å². The van der Waals surface area contributed by atoms with Gasteiger partial charge in [0.1, 0.15) is 0 Å². The van der Waals surface area contributed by atoms with Crippen molar-refractivity contribution in [3.63, 3.8) is 0 Å². The van der Waals surface area contributed by atoms with Crippen LogP contribution in [0.1, 0.15) is 52.2 Å². The van der Waals surface area contributed by atoms with Crippen LogP contribution in [0.5, 0.6) is 0 Å². The van der Waals surface area contributed by atoms with Crippen LogP contribution in [0.2, 0.25) is 0 Å². The summed E-state index contributed by atoms with van der Waals surface area (Å²) in [5.74, 6) is 3.27. The SMILES string of the molecule is C.C#Cc1cccc2cccc(C(C)C)c12.CC. The molecule has 0 amide bonds. The van der Waals surface area contributed by atoms with Gasteiger partial charge in [-0.3, -0.25) is 0 Å². The Morgan fingerprint density at radius 1 is 1.00 bits per heavy atom. The van der Waals surface area contributed by atoms with E-state index in [9.17, 15) is 0 Å². The largest absolute Gasteiger partial charge is 0.115 e. The minimum Gasteiger partial charge on any atom is -0.115 e. The van der Waals surface area contributed by atoms with Crippen molar-refractivity contribution in [2.24, 2.45) is 0 Å². The summed E-state index contributed by atoms with van der Waals surface area (Å²) in [6, 6.07) is 12.5. The van der Waals surface area contributed by atoms with Crippen LogP contribution in [0, 0.1) is 12.3 Å². The van der Waals surface area contributed by atoms with Crippen molar-refractivity contribution in [3.8, 4) is 12.3 Å². The molecule has 0 aliphatic rings. The van der Waals surface area contributed by atoms with Gasteiger partial charge in [-0.2, -0.15) is 0 Å². The summed E-state index contributed by atoms with van der Waals surface area (Å²) in [7, 11) is 0. The lowest BCUT2D eigenvalue weighted by Gasteiger charge is -2.11. The van der Waals surface area contributed by atoms with E-state index in [-0.39, 0.29) is 7.43 Å². The molecular formula is C18H24. The molecule has 0 heteroatoms. The number of benzene rings is 2. The molecule has 0 atom stereocenters. The molecule has 0 N–H and O–H groups in total. The molecule has 0 heterocycles. The number of fused-ring (bicyclic) bond motifs is 1. The molecule has 18 heavy (non-hydrogen) atoms. The monoisotopic (exact) mass is 240 g/mol. The summed E-state index contributed by atoms with van der Waals surface area (Å²) in [6.07, 6.45) is 5.53. The zero-order valence-corrected chi connectivity index (χ0v) is 11.1. The van der Waals surface area contributed by atoms with Crippen LogP contribution in [0.3, 0.4) is 0 Å². The Bertz CT molecular complexity index is 522. The van der Waals surface area contributed by atoms with E-state index in [1.807, 2.05) is 26.0 Å². The number of terminal acetylenes is 1. The van der Waals surface area contributed by atoms with Crippen molar-refractivity contribution in [2.45, 2.75) is 41.0 Å². The average Bonchev–Trinajstić information content (AvgIpc) is 2.39. The van der Waals surface area contributed by atoms with Gasteiger partial charge in [-0.15, -0.1) is 6.42 Å². The first kappa shape index (κ1) is 16.3. The van der Waals surface area contributed by atoms with Gasteiger partial charge in [0.15, 0.2) is 0 Å². The molecule has 0 fully saturated rings. The zero-order chi connectivity index (χ0) is 12.8. The normalized spacial score (nSPS) is 9.11. The maximum Gasteiger partial charge on any atom is 0.0323 e. The first-order valence-electron chi connectivity index (χ1n) is 6.22. The zero-order valence-electron chi connectivity index (χ0n) is 11.1. The molecule has 0 unspecified atom stereocenters. The number of hydrogen-bond acceptors (Lipinski definition) is 0. The Labute approximate surface area is 112 Å². The minimum absolute atomic E-state index is 0. The lowest BCUT2D eigenvalue weighted by atomic mass is 9.93. The highest BCUT2D eigenvalue weighted by atomic mass is 14.1. The van der Waals surface area contributed by atoms with Crippen molar-refractivity contribution in [2.75, 3.05) is 0 Å². The highest BCUT2D eigenvalue weighted by Gasteiger charge is 2.07. The highest BCUT2D eigenvalue weighted by molar-refractivity contribution is 5.91. The molecule has 0 nitrogen and oxygen atoms in total. The molecular weight excluding hydrogens is 216 g/mol. The van der Waals surface area contributed by atoms with E-state index < -0.39 is 0 Å². The molecule has 0 saturated heterocycles. The third-order valence-electron chi connectivity index (χ3n) is 2.71. The minimum atomic E-state index is 0. The van der Waals surface area contributed by atoms with Crippen molar-refractivity contribution in [1.82, 2.24) is 0 Å². The van der Waals surface area contributed by atoms with Crippen LogP contribution in [0.4, 0.5) is 0 Å². The second-order valence-corrected chi connectivity index (χ2v) is 4.05. The maximum atomic E-state index is 5.53. The van der Waals surface area contributed by atoms with Crippen molar-refractivity contribution >= 4 is 10.8 Å². The summed E-state index contributed by atoms with van der Waals surface area (Å²) in [5.41, 5.74) is 2.33. The fraction of sp³-hybridized carbons (Fsp3) is 0.333. The van der Waals surface area contributed by atoms with E-state index >= 15 is 0 Å². The van der Waals surface area contributed by atoms with Gasteiger partial charge in [0.2, 0.25) is 0 Å². The van der Waals surface area contributed by atoms with Gasteiger partial charge in [0.05, 0.1) is 0 Å². The van der Waals surface area contributed by atoms with Gasteiger partial charge < -0.3 is 0 Å². The predicted octanol–water partition coefficient (Wildman–Crippen LogP) is 5.61. The van der Waals surface area contributed by atoms with Crippen LogP contribution < -0.4 is 0 Å². The van der Waals surface area contributed by atoms with E-state index in [1.54, 1.807) is 0 Å². The molecule has 0 aromatic heterocycles. The van der Waals surface area contributed by atoms with E-state index in [4.69, 9.17) is 6.42 Å². The Balaban J connectivity index is 0.000000917. The van der Waals surface area contributed by atoms with E-state index in [0.717, 1.165) is 5.56 Å². The smallest absolute Gasteiger partial charge is 0.0323 e. The Hall–Kier alpha value is -1.74. The van der Waals surface area contributed by atoms with Crippen LogP contribution in [0.15, 0.2) is 36.4 Å². The van der Waals surface area contributed by atoms with Gasteiger partial charge in [-0.25, -0.2) is 0 Å². The molecule has 0 spiro atoms. The van der Waals surface area contributed by atoms with Gasteiger partial charge in [0.25, 0.3) is 0 Å². The van der Waals surface area contributed by atoms with Crippen LogP contribution in [-0.4, -0.2) is 0 Å². The van der Waals surface area contributed by atoms with Gasteiger partial charge in [-0.1, -0.05) is 71.4 Å².